The minimum absolute atomic E-state index is 0.367. The van der Waals surface area contributed by atoms with E-state index in [1.165, 1.54) is 100 Å². The zero-order valence-corrected chi connectivity index (χ0v) is 32.7. The van der Waals surface area contributed by atoms with Gasteiger partial charge >= 0.3 is 14.2 Å². The van der Waals surface area contributed by atoms with E-state index < -0.39 is 8.07 Å². The first kappa shape index (κ1) is 36.9. The maximum absolute atomic E-state index is 6.57. The van der Waals surface area contributed by atoms with Gasteiger partial charge in [0.05, 0.1) is 22.4 Å². The van der Waals surface area contributed by atoms with Gasteiger partial charge in [0.25, 0.3) is 0 Å². The van der Waals surface area contributed by atoms with Crippen LogP contribution in [-0.2, 0) is 18.6 Å². The Kier molecular flexibility index (Phi) is 11.4. The van der Waals surface area contributed by atoms with Gasteiger partial charge in [0.15, 0.2) is 0 Å². The van der Waals surface area contributed by atoms with Crippen molar-refractivity contribution in [1.82, 2.24) is 0 Å². The van der Waals surface area contributed by atoms with Gasteiger partial charge in [0.1, 0.15) is 8.07 Å². The molecule has 47 heavy (non-hydrogen) atoms. The fraction of sp³-hybridized carbons (Fsp3) is 0.700. The maximum atomic E-state index is 6.57. The Morgan fingerprint density at radius 2 is 0.787 bits per heavy atom. The van der Waals surface area contributed by atoms with Crippen molar-refractivity contribution < 1.29 is 18.6 Å². The molecular formula is C40H64B2O4Si. The Bertz CT molecular complexity index is 1230. The molecule has 2 aromatic rings. The van der Waals surface area contributed by atoms with Gasteiger partial charge in [-0.1, -0.05) is 127 Å². The summed E-state index contributed by atoms with van der Waals surface area (Å²) < 4.78 is 26.3. The summed E-state index contributed by atoms with van der Waals surface area (Å²) in [7, 11) is -2.75. The number of hydrogen-bond donors (Lipinski definition) is 0. The monoisotopic (exact) mass is 658 g/mol. The largest absolute Gasteiger partial charge is 0.494 e. The second kappa shape index (κ2) is 14.5. The van der Waals surface area contributed by atoms with Crippen LogP contribution in [0, 0.1) is 0 Å². The number of rotatable bonds is 16. The third-order valence-electron chi connectivity index (χ3n) is 12.4. The highest BCUT2D eigenvalue weighted by Crippen LogP contribution is 2.40. The van der Waals surface area contributed by atoms with E-state index in [9.17, 15) is 0 Å². The average molecular weight is 659 g/mol. The van der Waals surface area contributed by atoms with Crippen molar-refractivity contribution in [3.63, 3.8) is 0 Å². The summed E-state index contributed by atoms with van der Waals surface area (Å²) in [5, 5.41) is 3.25. The molecule has 3 aliphatic heterocycles. The molecular weight excluding hydrogens is 594 g/mol. The highest BCUT2D eigenvalue weighted by molar-refractivity contribution is 7.05. The molecule has 2 aromatic carbocycles. The molecule has 3 aliphatic rings. The van der Waals surface area contributed by atoms with Crippen molar-refractivity contribution >= 4 is 43.6 Å². The summed E-state index contributed by atoms with van der Waals surface area (Å²) in [4.78, 5) is 0. The Hall–Kier alpha value is -1.37. The van der Waals surface area contributed by atoms with Crippen LogP contribution < -0.4 is 21.3 Å². The summed E-state index contributed by atoms with van der Waals surface area (Å²) in [6.07, 6.45) is 16.1. The molecule has 2 fully saturated rings. The number of hydrogen-bond acceptors (Lipinski definition) is 4. The molecule has 0 unspecified atom stereocenters. The third kappa shape index (κ3) is 7.41. The Balaban J connectivity index is 1.54. The van der Waals surface area contributed by atoms with Crippen molar-refractivity contribution in [2.75, 3.05) is 0 Å². The second-order valence-electron chi connectivity index (χ2n) is 16.9. The first-order valence-electron chi connectivity index (χ1n) is 19.2. The van der Waals surface area contributed by atoms with Gasteiger partial charge in [-0.05, 0) is 99.9 Å². The SMILES string of the molecule is CCCCCCCC[Si]1(CCCCCCCC)c2ccc(B3OC(C)(C)C(C)(C)O3)cc2-c2cc(B3OC(C)(C)C(C)(C)O3)ccc21. The Morgan fingerprint density at radius 1 is 0.468 bits per heavy atom. The smallest absolute Gasteiger partial charge is 0.399 e. The molecule has 4 nitrogen and oxygen atoms in total. The van der Waals surface area contributed by atoms with Crippen LogP contribution in [0.5, 0.6) is 0 Å². The Labute approximate surface area is 289 Å². The minimum Gasteiger partial charge on any atom is -0.399 e. The summed E-state index contributed by atoms with van der Waals surface area (Å²) in [6, 6.07) is 17.1. The molecule has 258 valence electrons. The molecule has 0 amide bonds. The molecule has 0 bridgehead atoms. The fourth-order valence-electron chi connectivity index (χ4n) is 7.88. The van der Waals surface area contributed by atoms with Gasteiger partial charge in [-0.15, -0.1) is 0 Å². The van der Waals surface area contributed by atoms with Crippen molar-refractivity contribution in [2.45, 2.75) is 181 Å². The van der Waals surface area contributed by atoms with E-state index in [1.807, 2.05) is 0 Å². The van der Waals surface area contributed by atoms with E-state index in [1.54, 1.807) is 10.4 Å². The van der Waals surface area contributed by atoms with Crippen LogP contribution in [0.4, 0.5) is 0 Å². The van der Waals surface area contributed by atoms with Gasteiger partial charge < -0.3 is 18.6 Å². The molecule has 2 saturated heterocycles. The fourth-order valence-corrected chi connectivity index (χ4v) is 13.5. The summed E-state index contributed by atoms with van der Waals surface area (Å²) in [5.74, 6) is 0. The van der Waals surface area contributed by atoms with Crippen molar-refractivity contribution in [2.24, 2.45) is 0 Å². The molecule has 0 aliphatic carbocycles. The van der Waals surface area contributed by atoms with Crippen LogP contribution in [0.1, 0.15) is 146 Å². The first-order valence-corrected chi connectivity index (χ1v) is 21.6. The zero-order valence-electron chi connectivity index (χ0n) is 31.7. The Morgan fingerprint density at radius 3 is 1.13 bits per heavy atom. The van der Waals surface area contributed by atoms with E-state index in [4.69, 9.17) is 18.6 Å². The molecule has 5 rings (SSSR count). The van der Waals surface area contributed by atoms with E-state index >= 15 is 0 Å². The maximum Gasteiger partial charge on any atom is 0.494 e. The van der Waals surface area contributed by atoms with Crippen LogP contribution in [0.3, 0.4) is 0 Å². The summed E-state index contributed by atoms with van der Waals surface area (Å²) in [5.41, 5.74) is 3.57. The quantitative estimate of drug-likeness (QED) is 0.134. The van der Waals surface area contributed by atoms with Crippen LogP contribution in [0.15, 0.2) is 36.4 Å². The number of benzene rings is 2. The first-order chi connectivity index (χ1) is 22.2. The minimum atomic E-state index is -2.01. The highest BCUT2D eigenvalue weighted by Gasteiger charge is 2.54. The molecule has 0 atom stereocenters. The highest BCUT2D eigenvalue weighted by atomic mass is 28.3. The third-order valence-corrected chi connectivity index (χ3v) is 17.7. The standard InChI is InChI=1S/C40H64B2O4Si/c1-11-13-15-17-19-21-27-47(28-22-20-18-16-14-12-2)35-25-23-31(41-43-37(3,4)38(5,6)44-41)29-33(35)34-30-32(24-26-36(34)47)42-45-39(7,8)40(9,10)46-42/h23-26,29-30H,11-22,27-28H2,1-10H3. The van der Waals surface area contributed by atoms with Gasteiger partial charge in [-0.2, -0.15) is 0 Å². The molecule has 0 spiro atoms. The zero-order chi connectivity index (χ0) is 34.1. The van der Waals surface area contributed by atoms with E-state index in [2.05, 4.69) is 106 Å². The van der Waals surface area contributed by atoms with Crippen LogP contribution in [0.25, 0.3) is 11.1 Å². The van der Waals surface area contributed by atoms with Crippen LogP contribution in [-0.4, -0.2) is 44.7 Å². The van der Waals surface area contributed by atoms with E-state index in [0.29, 0.717) is 0 Å². The molecule has 3 heterocycles. The van der Waals surface area contributed by atoms with Gasteiger partial charge in [-0.3, -0.25) is 0 Å². The number of unbranched alkanes of at least 4 members (excludes halogenated alkanes) is 10. The lowest BCUT2D eigenvalue weighted by atomic mass is 9.76. The van der Waals surface area contributed by atoms with E-state index in [-0.39, 0.29) is 36.6 Å². The summed E-state index contributed by atoms with van der Waals surface area (Å²) in [6.45, 7) is 21.8. The lowest BCUT2D eigenvalue weighted by molar-refractivity contribution is 0.00578. The van der Waals surface area contributed by atoms with Crippen molar-refractivity contribution in [3.05, 3.63) is 36.4 Å². The molecule has 7 heteroatoms. The molecule has 0 N–H and O–H groups in total. The molecule has 0 aromatic heterocycles. The van der Waals surface area contributed by atoms with Crippen molar-refractivity contribution in [1.29, 1.82) is 0 Å². The summed E-state index contributed by atoms with van der Waals surface area (Å²) >= 11 is 0. The average Bonchev–Trinajstić information content (AvgIpc) is 3.50. The van der Waals surface area contributed by atoms with E-state index in [0.717, 1.165) is 10.9 Å². The van der Waals surface area contributed by atoms with Gasteiger partial charge in [0, 0.05) is 0 Å². The number of fused-ring (bicyclic) bond motifs is 3. The van der Waals surface area contributed by atoms with Gasteiger partial charge in [-0.25, -0.2) is 0 Å². The van der Waals surface area contributed by atoms with Crippen molar-refractivity contribution in [3.8, 4) is 11.1 Å². The lowest BCUT2D eigenvalue weighted by Gasteiger charge is -2.32. The molecule has 0 radical (unpaired) electrons. The second-order valence-corrected chi connectivity index (χ2v) is 21.1. The topological polar surface area (TPSA) is 36.9 Å². The predicted octanol–water partition coefficient (Wildman–Crippen LogP) is 8.55. The predicted molar refractivity (Wildman–Crippen MR) is 205 cm³/mol. The van der Waals surface area contributed by atoms with Crippen LogP contribution >= 0.6 is 0 Å². The normalized spacial score (nSPS) is 21.3. The lowest BCUT2D eigenvalue weighted by Crippen LogP contribution is -2.55. The van der Waals surface area contributed by atoms with Crippen LogP contribution in [0.2, 0.25) is 12.1 Å². The molecule has 0 saturated carbocycles. The van der Waals surface area contributed by atoms with Gasteiger partial charge in [0.2, 0.25) is 0 Å².